The van der Waals surface area contributed by atoms with Crippen LogP contribution in [-0.4, -0.2) is 4.98 Å². The van der Waals surface area contributed by atoms with Gasteiger partial charge in [0.15, 0.2) is 0 Å². The van der Waals surface area contributed by atoms with Gasteiger partial charge in [0.2, 0.25) is 0 Å². The third kappa shape index (κ3) is 2.59. The molecule has 0 fully saturated rings. The van der Waals surface area contributed by atoms with E-state index in [0.29, 0.717) is 0 Å². The molecular weight excluding hydrogens is 194 g/mol. The van der Waals surface area contributed by atoms with Crippen molar-refractivity contribution in [1.29, 1.82) is 0 Å². The summed E-state index contributed by atoms with van der Waals surface area (Å²) in [5.41, 5.74) is 2.79. The van der Waals surface area contributed by atoms with Crippen molar-refractivity contribution in [2.75, 3.05) is 0 Å². The molecule has 0 spiro atoms. The van der Waals surface area contributed by atoms with Crippen molar-refractivity contribution < 1.29 is 0 Å². The average Bonchev–Trinajstić information content (AvgIpc) is 2.38. The van der Waals surface area contributed by atoms with E-state index in [-0.39, 0.29) is 0 Å². The lowest BCUT2D eigenvalue weighted by atomic mass is 10.2. The third-order valence-corrected chi connectivity index (χ3v) is 2.12. The summed E-state index contributed by atoms with van der Waals surface area (Å²) in [7, 11) is 0. The number of hydrogen-bond acceptors (Lipinski definition) is 1. The summed E-state index contributed by atoms with van der Waals surface area (Å²) in [5.74, 6) is 6.15. The Hall–Kier alpha value is -2.33. The molecular formula is C15H11N. The summed E-state index contributed by atoms with van der Waals surface area (Å²) in [6.07, 6.45) is 3.47. The van der Waals surface area contributed by atoms with Crippen LogP contribution in [-0.2, 0) is 0 Å². The van der Waals surface area contributed by atoms with Crippen molar-refractivity contribution in [3.8, 4) is 11.8 Å². The predicted octanol–water partition coefficient (Wildman–Crippen LogP) is 3.12. The van der Waals surface area contributed by atoms with Crippen molar-refractivity contribution in [3.05, 3.63) is 72.1 Å². The molecule has 1 heterocycles. The van der Waals surface area contributed by atoms with E-state index < -0.39 is 0 Å². The summed E-state index contributed by atoms with van der Waals surface area (Å²) in [6, 6.07) is 13.7. The van der Waals surface area contributed by atoms with E-state index in [0.717, 1.165) is 16.8 Å². The molecule has 0 amide bonds. The van der Waals surface area contributed by atoms with Crippen molar-refractivity contribution >= 4 is 6.08 Å². The van der Waals surface area contributed by atoms with Gasteiger partial charge < -0.3 is 0 Å². The minimum absolute atomic E-state index is 0.866. The highest BCUT2D eigenvalue weighted by atomic mass is 14.7. The van der Waals surface area contributed by atoms with Gasteiger partial charge in [0.1, 0.15) is 0 Å². The standard InChI is InChI=1S/C15H11N/c1-2-15-11-10-14(12-16-15)9-8-13-6-4-3-5-7-13/h2-7,10-12H,1H2. The highest BCUT2D eigenvalue weighted by Gasteiger charge is 1.88. The van der Waals surface area contributed by atoms with Crippen LogP contribution in [0.5, 0.6) is 0 Å². The fourth-order valence-electron chi connectivity index (χ4n) is 1.27. The van der Waals surface area contributed by atoms with Crippen molar-refractivity contribution in [3.63, 3.8) is 0 Å². The maximum absolute atomic E-state index is 4.19. The van der Waals surface area contributed by atoms with Crippen molar-refractivity contribution in [1.82, 2.24) is 4.98 Å². The predicted molar refractivity (Wildman–Crippen MR) is 66.8 cm³/mol. The lowest BCUT2D eigenvalue weighted by Gasteiger charge is -1.92. The Labute approximate surface area is 95.5 Å². The number of pyridine rings is 1. The monoisotopic (exact) mass is 205 g/mol. The number of aromatic nitrogens is 1. The lowest BCUT2D eigenvalue weighted by molar-refractivity contribution is 1.28. The second kappa shape index (κ2) is 4.95. The van der Waals surface area contributed by atoms with Gasteiger partial charge in [0.05, 0.1) is 5.69 Å². The Morgan fingerprint density at radius 3 is 2.31 bits per heavy atom. The van der Waals surface area contributed by atoms with Gasteiger partial charge in [-0.05, 0) is 30.3 Å². The number of benzene rings is 1. The molecule has 16 heavy (non-hydrogen) atoms. The Balaban J connectivity index is 2.21. The normalized spacial score (nSPS) is 9.00. The third-order valence-electron chi connectivity index (χ3n) is 2.12. The summed E-state index contributed by atoms with van der Waals surface area (Å²) < 4.78 is 0. The van der Waals surface area contributed by atoms with Crippen LogP contribution in [0.3, 0.4) is 0 Å². The van der Waals surface area contributed by atoms with E-state index in [1.54, 1.807) is 12.3 Å². The quantitative estimate of drug-likeness (QED) is 0.652. The second-order valence-corrected chi connectivity index (χ2v) is 3.29. The minimum Gasteiger partial charge on any atom is -0.256 e. The maximum Gasteiger partial charge on any atom is 0.0624 e. The van der Waals surface area contributed by atoms with E-state index in [1.807, 2.05) is 42.5 Å². The molecule has 0 aliphatic carbocycles. The molecule has 0 radical (unpaired) electrons. The van der Waals surface area contributed by atoms with Crippen LogP contribution in [0.1, 0.15) is 16.8 Å². The number of nitrogens with zero attached hydrogens (tertiary/aromatic N) is 1. The van der Waals surface area contributed by atoms with E-state index in [2.05, 4.69) is 23.4 Å². The Morgan fingerprint density at radius 2 is 1.69 bits per heavy atom. The molecule has 0 saturated heterocycles. The average molecular weight is 205 g/mol. The van der Waals surface area contributed by atoms with E-state index in [9.17, 15) is 0 Å². The van der Waals surface area contributed by atoms with Gasteiger partial charge in [0.25, 0.3) is 0 Å². The first-order valence-electron chi connectivity index (χ1n) is 5.04. The Morgan fingerprint density at radius 1 is 0.938 bits per heavy atom. The van der Waals surface area contributed by atoms with Crippen LogP contribution in [0.2, 0.25) is 0 Å². The molecule has 0 unspecified atom stereocenters. The van der Waals surface area contributed by atoms with E-state index >= 15 is 0 Å². The first kappa shape index (κ1) is 10.2. The van der Waals surface area contributed by atoms with Gasteiger partial charge in [-0.15, -0.1) is 0 Å². The molecule has 1 aromatic carbocycles. The molecule has 0 N–H and O–H groups in total. The molecule has 1 aromatic heterocycles. The van der Waals surface area contributed by atoms with Crippen LogP contribution in [0.25, 0.3) is 6.08 Å². The van der Waals surface area contributed by atoms with Crippen LogP contribution in [0.15, 0.2) is 55.2 Å². The first-order valence-corrected chi connectivity index (χ1v) is 5.04. The molecule has 1 heteroatoms. The molecule has 0 aliphatic rings. The van der Waals surface area contributed by atoms with Crippen LogP contribution in [0.4, 0.5) is 0 Å². The van der Waals surface area contributed by atoms with Crippen molar-refractivity contribution in [2.24, 2.45) is 0 Å². The van der Waals surface area contributed by atoms with Gasteiger partial charge >= 0.3 is 0 Å². The molecule has 76 valence electrons. The largest absolute Gasteiger partial charge is 0.256 e. The van der Waals surface area contributed by atoms with Crippen LogP contribution in [0, 0.1) is 11.8 Å². The molecule has 2 rings (SSSR count). The smallest absolute Gasteiger partial charge is 0.0624 e. The van der Waals surface area contributed by atoms with Crippen LogP contribution < -0.4 is 0 Å². The molecule has 1 nitrogen and oxygen atoms in total. The highest BCUT2D eigenvalue weighted by molar-refractivity contribution is 5.46. The fourth-order valence-corrected chi connectivity index (χ4v) is 1.27. The Bertz CT molecular complexity index is 527. The van der Waals surface area contributed by atoms with Crippen LogP contribution >= 0.6 is 0 Å². The van der Waals surface area contributed by atoms with Gasteiger partial charge in [-0.25, -0.2) is 0 Å². The molecule has 2 aromatic rings. The number of hydrogen-bond donors (Lipinski definition) is 0. The molecule has 0 bridgehead atoms. The van der Waals surface area contributed by atoms with E-state index in [1.165, 1.54) is 0 Å². The van der Waals surface area contributed by atoms with Gasteiger partial charge in [0, 0.05) is 17.3 Å². The highest BCUT2D eigenvalue weighted by Crippen LogP contribution is 2.01. The second-order valence-electron chi connectivity index (χ2n) is 3.29. The molecule has 0 saturated carbocycles. The topological polar surface area (TPSA) is 12.9 Å². The minimum atomic E-state index is 0.866. The molecule has 0 aliphatic heterocycles. The zero-order valence-corrected chi connectivity index (χ0v) is 8.85. The lowest BCUT2D eigenvalue weighted by Crippen LogP contribution is -1.81. The van der Waals surface area contributed by atoms with Gasteiger partial charge in [-0.2, -0.15) is 0 Å². The zero-order chi connectivity index (χ0) is 11.2. The number of rotatable bonds is 1. The SMILES string of the molecule is C=Cc1ccc(C#Cc2ccccc2)cn1. The maximum atomic E-state index is 4.19. The Kier molecular flexibility index (Phi) is 3.15. The summed E-state index contributed by atoms with van der Waals surface area (Å²) in [6.45, 7) is 3.66. The fraction of sp³-hybridized carbons (Fsp3) is 0. The van der Waals surface area contributed by atoms with Crippen molar-refractivity contribution in [2.45, 2.75) is 0 Å². The van der Waals surface area contributed by atoms with E-state index in [4.69, 9.17) is 0 Å². The van der Waals surface area contributed by atoms with Gasteiger partial charge in [-0.1, -0.05) is 36.6 Å². The summed E-state index contributed by atoms with van der Waals surface area (Å²) >= 11 is 0. The summed E-state index contributed by atoms with van der Waals surface area (Å²) in [5, 5.41) is 0. The zero-order valence-electron chi connectivity index (χ0n) is 8.85. The summed E-state index contributed by atoms with van der Waals surface area (Å²) in [4.78, 5) is 4.19. The molecule has 0 atom stereocenters. The van der Waals surface area contributed by atoms with Gasteiger partial charge in [-0.3, -0.25) is 4.98 Å². The first-order chi connectivity index (χ1) is 7.88.